The minimum Gasteiger partial charge on any atom is -0.308 e. The topological polar surface area (TPSA) is 139 Å². The molecule has 20 rings (SSSR count). The minimum absolute atomic E-state index is 0.567. The van der Waals surface area contributed by atoms with E-state index in [0.29, 0.717) is 46.6 Å². The molecule has 12 nitrogen and oxygen atoms in total. The normalized spacial score (nSPS) is 11.5. The molecule has 128 heavy (non-hydrogen) atoms. The molecule has 0 spiro atoms. The Morgan fingerprint density at radius 3 is 0.695 bits per heavy atom. The third-order valence-corrected chi connectivity index (χ3v) is 27.2. The molecule has 14 aromatic carbocycles. The molecule has 0 fully saturated rings. The van der Waals surface area contributed by atoms with Gasteiger partial charge in [-0.2, -0.15) is 0 Å². The maximum absolute atomic E-state index is 5.40. The number of fused-ring (bicyclic) bond motifs is 6. The van der Waals surface area contributed by atoms with Crippen molar-refractivity contribution in [1.82, 2.24) is 59.0 Å². The van der Waals surface area contributed by atoms with Crippen molar-refractivity contribution < 1.29 is 0 Å². The molecule has 0 N–H and O–H groups in total. The highest BCUT2D eigenvalue weighted by Crippen LogP contribution is 2.50. The van der Waals surface area contributed by atoms with Crippen LogP contribution in [0.2, 0.25) is 0 Å². The van der Waals surface area contributed by atoms with Gasteiger partial charge in [0.1, 0.15) is 0 Å². The first-order valence-corrected chi connectivity index (χ1v) is 44.1. The minimum atomic E-state index is 0.567. The van der Waals surface area contributed by atoms with Crippen LogP contribution in [0.15, 0.2) is 279 Å². The second-order valence-electron chi connectivity index (χ2n) is 34.4. The average Bonchev–Trinajstić information content (AvgIpc) is 1.54. The first kappa shape index (κ1) is 82.5. The van der Waals surface area contributed by atoms with Crippen LogP contribution in [0.4, 0.5) is 0 Å². The number of rotatable bonds is 14. The summed E-state index contributed by atoms with van der Waals surface area (Å²) in [5.41, 5.74) is 44.3. The predicted octanol–water partition coefficient (Wildman–Crippen LogP) is 29.1. The molecule has 6 heterocycles. The number of hydrogen-bond acceptors (Lipinski definition) is 10. The average molecular weight is 1660 g/mol. The molecule has 0 amide bonds. The molecule has 6 aromatic heterocycles. The van der Waals surface area contributed by atoms with E-state index >= 15 is 0 Å². The second-order valence-corrected chi connectivity index (χ2v) is 34.4. The number of benzene rings is 14. The Hall–Kier alpha value is -15.1. The van der Waals surface area contributed by atoms with Crippen molar-refractivity contribution in [3.05, 3.63) is 379 Å². The highest BCUT2D eigenvalue weighted by Gasteiger charge is 2.32. The standard InChI is InChI=1S/2C58H50N6/c1-33-30-50(64-53-40(8)36(4)34(2)38(6)51(53)52-39(7)35(3)37(5)41(9)54(52)64)47(58-62-55(44-26-18-12-19-27-44)61-56(63-58)45-28-20-13-21-29-45)31-46(33)57-59-48(42-22-14-10-15-23-42)32-49(60-57)43-24-16-11-17-25-43;1-33-30-46(57-59-48(42-22-14-10-15-23-42)32-49(60-57)43-24-16-11-17-25-43)31-47(58-62-55(44-26-18-12-19-27-44)61-56(63-58)45-28-20-13-21-29-45)52(33)64-53-40(8)36(4)34(2)38(6)50(53)51-39(7)35(3)37(5)41(9)54(51)64/h2*10-32H,1-9H3. The van der Waals surface area contributed by atoms with E-state index in [4.69, 9.17) is 49.8 Å². The van der Waals surface area contributed by atoms with Gasteiger partial charge in [-0.3, -0.25) is 0 Å². The summed E-state index contributed by atoms with van der Waals surface area (Å²) < 4.78 is 5.05. The van der Waals surface area contributed by atoms with Crippen LogP contribution in [-0.2, 0) is 0 Å². The van der Waals surface area contributed by atoms with Crippen molar-refractivity contribution in [2.45, 2.75) is 125 Å². The maximum atomic E-state index is 5.40. The predicted molar refractivity (Wildman–Crippen MR) is 530 cm³/mol. The molecule has 0 saturated carbocycles. The van der Waals surface area contributed by atoms with E-state index in [0.717, 1.165) is 112 Å². The van der Waals surface area contributed by atoms with Crippen molar-refractivity contribution in [2.24, 2.45) is 0 Å². The fourth-order valence-electron chi connectivity index (χ4n) is 18.9. The first-order chi connectivity index (χ1) is 62.0. The molecular formula is C116H100N12. The summed E-state index contributed by atoms with van der Waals surface area (Å²) >= 11 is 0. The Labute approximate surface area is 749 Å². The second kappa shape index (κ2) is 33.4. The summed E-state index contributed by atoms with van der Waals surface area (Å²) in [5.74, 6) is 4.80. The lowest BCUT2D eigenvalue weighted by Gasteiger charge is -2.21. The molecule has 0 saturated heterocycles. The van der Waals surface area contributed by atoms with Crippen molar-refractivity contribution in [3.8, 4) is 148 Å². The number of hydrogen-bond donors (Lipinski definition) is 0. The molecule has 20 aromatic rings. The summed E-state index contributed by atoms with van der Waals surface area (Å²) in [6.45, 7) is 40.8. The quantitative estimate of drug-likeness (QED) is 0.103. The lowest BCUT2D eigenvalue weighted by molar-refractivity contribution is 1.05. The number of aromatic nitrogens is 12. The Bertz CT molecular complexity index is 7430. The first-order valence-electron chi connectivity index (χ1n) is 44.1. The van der Waals surface area contributed by atoms with E-state index in [2.05, 4.69) is 316 Å². The van der Waals surface area contributed by atoms with Crippen LogP contribution in [0.3, 0.4) is 0 Å². The van der Waals surface area contributed by atoms with Crippen LogP contribution >= 0.6 is 0 Å². The Kier molecular flexibility index (Phi) is 21.5. The van der Waals surface area contributed by atoms with E-state index in [1.165, 1.54) is 133 Å². The Balaban J connectivity index is 0.000000167. The molecule has 624 valence electrons. The third kappa shape index (κ3) is 14.4. The van der Waals surface area contributed by atoms with Gasteiger partial charge in [-0.25, -0.2) is 49.8 Å². The van der Waals surface area contributed by atoms with Gasteiger partial charge in [0, 0.05) is 88.3 Å². The zero-order chi connectivity index (χ0) is 88.8. The van der Waals surface area contributed by atoms with Crippen LogP contribution < -0.4 is 0 Å². The summed E-state index contributed by atoms with van der Waals surface area (Å²) in [4.78, 5) is 53.2. The van der Waals surface area contributed by atoms with Gasteiger partial charge in [-0.15, -0.1) is 0 Å². The Morgan fingerprint density at radius 1 is 0.164 bits per heavy atom. The van der Waals surface area contributed by atoms with E-state index in [-0.39, 0.29) is 0 Å². The fourth-order valence-corrected chi connectivity index (χ4v) is 18.9. The van der Waals surface area contributed by atoms with Gasteiger partial charge in [0.25, 0.3) is 0 Å². The van der Waals surface area contributed by atoms with Gasteiger partial charge < -0.3 is 9.13 Å². The van der Waals surface area contributed by atoms with Crippen molar-refractivity contribution in [1.29, 1.82) is 0 Å². The molecule has 12 heteroatoms. The van der Waals surface area contributed by atoms with Gasteiger partial charge in [-0.05, 0) is 261 Å². The summed E-state index contributed by atoms with van der Waals surface area (Å²) in [6, 6.07) is 95.4. The largest absolute Gasteiger partial charge is 0.308 e. The lowest BCUT2D eigenvalue weighted by atomic mass is 9.90. The number of aryl methyl sites for hydroxylation is 10. The van der Waals surface area contributed by atoms with Crippen LogP contribution in [0.25, 0.3) is 191 Å². The lowest BCUT2D eigenvalue weighted by Crippen LogP contribution is -2.08. The summed E-state index contributed by atoms with van der Waals surface area (Å²) in [5, 5.41) is 5.18. The molecular weight excluding hydrogens is 1560 g/mol. The summed E-state index contributed by atoms with van der Waals surface area (Å²) in [7, 11) is 0. The van der Waals surface area contributed by atoms with Crippen molar-refractivity contribution >= 4 is 43.6 Å². The molecule has 0 radical (unpaired) electrons. The Morgan fingerprint density at radius 2 is 0.398 bits per heavy atom. The molecule has 0 atom stereocenters. The van der Waals surface area contributed by atoms with Crippen molar-refractivity contribution in [3.63, 3.8) is 0 Å². The highest BCUT2D eigenvalue weighted by molar-refractivity contribution is 6.18. The van der Waals surface area contributed by atoms with Crippen LogP contribution in [0.1, 0.15) is 100 Å². The van der Waals surface area contributed by atoms with Crippen molar-refractivity contribution in [2.75, 3.05) is 0 Å². The zero-order valence-corrected chi connectivity index (χ0v) is 75.9. The highest BCUT2D eigenvalue weighted by atomic mass is 15.1. The van der Waals surface area contributed by atoms with E-state index in [1.54, 1.807) is 0 Å². The summed E-state index contributed by atoms with van der Waals surface area (Å²) in [6.07, 6.45) is 0. The third-order valence-electron chi connectivity index (χ3n) is 27.2. The van der Waals surface area contributed by atoms with E-state index < -0.39 is 0 Å². The van der Waals surface area contributed by atoms with Crippen LogP contribution in [-0.4, -0.2) is 59.0 Å². The van der Waals surface area contributed by atoms with E-state index in [1.807, 2.05) is 97.1 Å². The van der Waals surface area contributed by atoms with E-state index in [9.17, 15) is 0 Å². The smallest absolute Gasteiger partial charge is 0.166 e. The van der Waals surface area contributed by atoms with Crippen LogP contribution in [0.5, 0.6) is 0 Å². The SMILES string of the molecule is Cc1cc(-c2nc(-c3ccccc3)cc(-c3ccccc3)n2)cc(-c2nc(-c3ccccc3)nc(-c3ccccc3)n2)c1-n1c2c(C)c(C)c(C)c(C)c2c2c(C)c(C)c(C)c(C)c21.Cc1cc(-n2c3c(C)c(C)c(C)c(C)c3c3c(C)c(C)c(C)c(C)c32)c(-c2nc(-c3ccccc3)nc(-c3ccccc3)n2)cc1-c1nc(-c2ccccc2)cc(-c2ccccc2)n1. The van der Waals surface area contributed by atoms with Gasteiger partial charge >= 0.3 is 0 Å². The van der Waals surface area contributed by atoms with Crippen LogP contribution in [0, 0.1) is 125 Å². The van der Waals surface area contributed by atoms with Gasteiger partial charge in [0.2, 0.25) is 0 Å². The number of nitrogens with zero attached hydrogens (tertiary/aromatic N) is 12. The molecule has 0 aliphatic carbocycles. The van der Waals surface area contributed by atoms with Gasteiger partial charge in [-0.1, -0.05) is 243 Å². The van der Waals surface area contributed by atoms with Gasteiger partial charge in [0.15, 0.2) is 46.6 Å². The van der Waals surface area contributed by atoms with Gasteiger partial charge in [0.05, 0.1) is 56.2 Å². The monoisotopic (exact) mass is 1660 g/mol. The molecule has 0 aliphatic heterocycles. The fraction of sp³-hybridized carbons (Fsp3) is 0.155. The zero-order valence-electron chi connectivity index (χ0n) is 75.9. The maximum Gasteiger partial charge on any atom is 0.166 e. The molecule has 0 aliphatic rings. The molecule has 0 unspecified atom stereocenters. The molecule has 0 bridgehead atoms.